The topological polar surface area (TPSA) is 143 Å². The molecule has 1 aromatic carbocycles. The van der Waals surface area contributed by atoms with Crippen LogP contribution >= 0.6 is 12.4 Å². The third-order valence-electron chi connectivity index (χ3n) is 5.83. The molecule has 11 heteroatoms. The standard InChI is InChI=1S/C19H20N6O4.ClH/c20-7-13-22-17(24-23-13)9-1-3-10(4-2-9)21-14(26)8-25-18(27)15-11-5-6-12(29-11)16(15)19(25)28;/h1-4,11-12,15-16H,5-8,20H2,(H,21,26)(H,22,23,24);1H. The molecule has 3 saturated heterocycles. The van der Waals surface area contributed by atoms with Crippen LogP contribution in [0.1, 0.15) is 18.7 Å². The van der Waals surface area contributed by atoms with Crippen LogP contribution in [0.5, 0.6) is 0 Å². The van der Waals surface area contributed by atoms with Crippen LogP contribution in [0.3, 0.4) is 0 Å². The number of carbonyl (C=O) groups is 3. The van der Waals surface area contributed by atoms with Crippen molar-refractivity contribution >= 4 is 35.8 Å². The molecule has 3 fully saturated rings. The summed E-state index contributed by atoms with van der Waals surface area (Å²) < 4.78 is 5.70. The molecule has 3 amide bonds. The van der Waals surface area contributed by atoms with Crippen molar-refractivity contribution in [2.24, 2.45) is 17.6 Å². The van der Waals surface area contributed by atoms with Gasteiger partial charge in [-0.2, -0.15) is 5.10 Å². The second-order valence-corrected chi connectivity index (χ2v) is 7.54. The number of benzene rings is 1. The summed E-state index contributed by atoms with van der Waals surface area (Å²) in [6, 6.07) is 6.96. The third kappa shape index (κ3) is 3.26. The van der Waals surface area contributed by atoms with Gasteiger partial charge in [0.05, 0.1) is 30.6 Å². The van der Waals surface area contributed by atoms with Crippen LogP contribution in [0.25, 0.3) is 11.4 Å². The van der Waals surface area contributed by atoms with Gasteiger partial charge >= 0.3 is 0 Å². The molecule has 4 atom stereocenters. The first kappa shape index (κ1) is 20.5. The second-order valence-electron chi connectivity index (χ2n) is 7.54. The summed E-state index contributed by atoms with van der Waals surface area (Å²) in [6.45, 7) is -0.0168. The fourth-order valence-electron chi connectivity index (χ4n) is 4.49. The maximum Gasteiger partial charge on any atom is 0.244 e. The molecule has 2 aromatic rings. The van der Waals surface area contributed by atoms with Crippen molar-refractivity contribution in [1.29, 1.82) is 0 Å². The highest BCUT2D eigenvalue weighted by atomic mass is 35.5. The molecule has 10 nitrogen and oxygen atoms in total. The van der Waals surface area contributed by atoms with Crippen molar-refractivity contribution in [1.82, 2.24) is 20.1 Å². The van der Waals surface area contributed by atoms with Gasteiger partial charge in [-0.25, -0.2) is 4.98 Å². The van der Waals surface area contributed by atoms with E-state index in [0.717, 1.165) is 23.3 Å². The Bertz CT molecular complexity index is 965. The molecule has 3 aliphatic rings. The summed E-state index contributed by atoms with van der Waals surface area (Å²) in [5, 5.41) is 9.55. The Kier molecular flexibility index (Phi) is 5.31. The number of carbonyl (C=O) groups excluding carboxylic acids is 3. The lowest BCUT2D eigenvalue weighted by molar-refractivity contribution is -0.145. The van der Waals surface area contributed by atoms with Gasteiger partial charge < -0.3 is 15.8 Å². The molecule has 4 unspecified atom stereocenters. The number of rotatable bonds is 5. The zero-order valence-electron chi connectivity index (χ0n) is 15.9. The van der Waals surface area contributed by atoms with Crippen molar-refractivity contribution in [3.8, 4) is 11.4 Å². The molecule has 1 aromatic heterocycles. The van der Waals surface area contributed by atoms with E-state index < -0.39 is 17.7 Å². The average Bonchev–Trinajstić information content (AvgIpc) is 3.49. The van der Waals surface area contributed by atoms with Gasteiger partial charge in [0.25, 0.3) is 0 Å². The Morgan fingerprint density at radius 1 is 1.17 bits per heavy atom. The summed E-state index contributed by atoms with van der Waals surface area (Å²) in [5.74, 6) is -0.755. The number of halogens is 1. The number of aromatic nitrogens is 3. The number of H-pyrrole nitrogens is 1. The number of nitrogens with one attached hydrogen (secondary N) is 2. The number of nitrogens with zero attached hydrogens (tertiary/aromatic N) is 3. The number of hydrogen-bond acceptors (Lipinski definition) is 7. The molecule has 0 aliphatic carbocycles. The van der Waals surface area contributed by atoms with E-state index in [1.807, 2.05) is 0 Å². The van der Waals surface area contributed by atoms with Crippen molar-refractivity contribution in [3.63, 3.8) is 0 Å². The van der Waals surface area contributed by atoms with Crippen molar-refractivity contribution in [2.75, 3.05) is 11.9 Å². The van der Waals surface area contributed by atoms with E-state index in [9.17, 15) is 14.4 Å². The van der Waals surface area contributed by atoms with Gasteiger partial charge in [-0.15, -0.1) is 12.4 Å². The first-order valence-corrected chi connectivity index (χ1v) is 9.57. The number of anilines is 1. The van der Waals surface area contributed by atoms with Crippen LogP contribution in [0.15, 0.2) is 24.3 Å². The Morgan fingerprint density at radius 3 is 2.37 bits per heavy atom. The lowest BCUT2D eigenvalue weighted by Gasteiger charge is -2.17. The highest BCUT2D eigenvalue weighted by Gasteiger charge is 2.62. The van der Waals surface area contributed by atoms with Crippen LogP contribution in [-0.4, -0.2) is 56.6 Å². The summed E-state index contributed by atoms with van der Waals surface area (Å²) in [4.78, 5) is 43.0. The monoisotopic (exact) mass is 432 g/mol. The van der Waals surface area contributed by atoms with Crippen LogP contribution in [0.4, 0.5) is 5.69 Å². The van der Waals surface area contributed by atoms with Gasteiger partial charge in [0, 0.05) is 11.3 Å². The van der Waals surface area contributed by atoms with Crippen LogP contribution in [0.2, 0.25) is 0 Å². The van der Waals surface area contributed by atoms with E-state index in [1.165, 1.54) is 0 Å². The highest BCUT2D eigenvalue weighted by Crippen LogP contribution is 2.48. The minimum atomic E-state index is -0.423. The van der Waals surface area contributed by atoms with Gasteiger partial charge in [-0.05, 0) is 37.1 Å². The average molecular weight is 433 g/mol. The molecule has 0 saturated carbocycles. The number of hydrogen-bond donors (Lipinski definition) is 3. The second kappa shape index (κ2) is 7.78. The summed E-state index contributed by atoms with van der Waals surface area (Å²) in [7, 11) is 0. The van der Waals surface area contributed by atoms with Crippen LogP contribution in [0, 0.1) is 11.8 Å². The smallest absolute Gasteiger partial charge is 0.244 e. The third-order valence-corrected chi connectivity index (χ3v) is 5.83. The zero-order valence-corrected chi connectivity index (χ0v) is 16.7. The van der Waals surface area contributed by atoms with Gasteiger partial charge in [0.2, 0.25) is 17.7 Å². The number of amides is 3. The Balaban J connectivity index is 0.00000218. The summed E-state index contributed by atoms with van der Waals surface area (Å²) in [6.07, 6.45) is 1.24. The van der Waals surface area contributed by atoms with Gasteiger partial charge in [0.1, 0.15) is 12.4 Å². The lowest BCUT2D eigenvalue weighted by Crippen LogP contribution is -2.40. The van der Waals surface area contributed by atoms with Gasteiger partial charge in [-0.3, -0.25) is 24.4 Å². The normalized spacial score (nSPS) is 26.6. The van der Waals surface area contributed by atoms with Crippen molar-refractivity contribution in [2.45, 2.75) is 31.6 Å². The van der Waals surface area contributed by atoms with E-state index in [2.05, 4.69) is 20.5 Å². The van der Waals surface area contributed by atoms with Crippen LogP contribution < -0.4 is 11.1 Å². The molecule has 5 rings (SSSR count). The van der Waals surface area contributed by atoms with Gasteiger partial charge in [-0.1, -0.05) is 0 Å². The molecule has 3 aliphatic heterocycles. The lowest BCUT2D eigenvalue weighted by atomic mass is 9.81. The zero-order chi connectivity index (χ0) is 20.1. The number of likely N-dealkylation sites (tertiary alicyclic amines) is 1. The largest absolute Gasteiger partial charge is 0.373 e. The summed E-state index contributed by atoms with van der Waals surface area (Å²) in [5.41, 5.74) is 6.84. The molecule has 0 spiro atoms. The minimum Gasteiger partial charge on any atom is -0.373 e. The Hall–Kier alpha value is -2.82. The Morgan fingerprint density at radius 2 is 1.80 bits per heavy atom. The first-order chi connectivity index (χ1) is 14.0. The van der Waals surface area contributed by atoms with Gasteiger partial charge in [0.15, 0.2) is 5.82 Å². The SMILES string of the molecule is Cl.NCc1nc(-c2ccc(NC(=O)CN3C(=O)C4C5CCC(O5)C4C3=O)cc2)n[nH]1. The molecular weight excluding hydrogens is 412 g/mol. The predicted molar refractivity (Wildman–Crippen MR) is 107 cm³/mol. The van der Waals surface area contributed by atoms with Crippen molar-refractivity contribution in [3.05, 3.63) is 30.1 Å². The number of fused-ring (bicyclic) bond motifs is 5. The molecule has 4 N–H and O–H groups in total. The quantitative estimate of drug-likeness (QED) is 0.582. The maximum absolute atomic E-state index is 12.6. The molecule has 30 heavy (non-hydrogen) atoms. The maximum atomic E-state index is 12.6. The fourth-order valence-corrected chi connectivity index (χ4v) is 4.49. The van der Waals surface area contributed by atoms with Crippen molar-refractivity contribution < 1.29 is 19.1 Å². The number of imide groups is 1. The van der Waals surface area contributed by atoms with E-state index in [1.54, 1.807) is 24.3 Å². The molecule has 4 heterocycles. The predicted octanol–water partition coefficient (Wildman–Crippen LogP) is 0.453. The molecule has 2 bridgehead atoms. The molecule has 0 radical (unpaired) electrons. The number of ether oxygens (including phenoxy) is 1. The first-order valence-electron chi connectivity index (χ1n) is 9.57. The van der Waals surface area contributed by atoms with Crippen LogP contribution in [-0.2, 0) is 25.7 Å². The van der Waals surface area contributed by atoms with E-state index >= 15 is 0 Å². The van der Waals surface area contributed by atoms with E-state index in [0.29, 0.717) is 17.3 Å². The Labute approximate surface area is 178 Å². The highest BCUT2D eigenvalue weighted by molar-refractivity contribution is 6.09. The molecule has 158 valence electrons. The van der Waals surface area contributed by atoms with E-state index in [-0.39, 0.29) is 49.5 Å². The summed E-state index contributed by atoms with van der Waals surface area (Å²) >= 11 is 0. The van der Waals surface area contributed by atoms with E-state index in [4.69, 9.17) is 10.5 Å². The molecular formula is C19H21ClN6O4. The minimum absolute atomic E-state index is 0. The number of aromatic amines is 1. The fraction of sp³-hybridized carbons (Fsp3) is 0.421. The number of nitrogens with two attached hydrogens (primary N) is 1.